The lowest BCUT2D eigenvalue weighted by Crippen LogP contribution is -2.37. The maximum absolute atomic E-state index is 13.9. The van der Waals surface area contributed by atoms with Crippen molar-refractivity contribution in [2.45, 2.75) is 25.5 Å². The van der Waals surface area contributed by atoms with Crippen molar-refractivity contribution in [3.8, 4) is 0 Å². The first-order chi connectivity index (χ1) is 10.7. The van der Waals surface area contributed by atoms with E-state index >= 15 is 0 Å². The molecule has 1 saturated heterocycles. The van der Waals surface area contributed by atoms with Crippen LogP contribution in [0.25, 0.3) is 0 Å². The van der Waals surface area contributed by atoms with Gasteiger partial charge in [-0.15, -0.1) is 0 Å². The van der Waals surface area contributed by atoms with E-state index in [1.807, 2.05) is 0 Å². The summed E-state index contributed by atoms with van der Waals surface area (Å²) < 4.78 is 24.7. The highest BCUT2D eigenvalue weighted by Gasteiger charge is 2.25. The molecule has 5 heteroatoms. The van der Waals surface area contributed by atoms with Crippen LogP contribution in [0.5, 0.6) is 0 Å². The Kier molecular flexibility index (Phi) is 4.53. The Hall–Kier alpha value is -2.14. The van der Waals surface area contributed by atoms with Crippen molar-refractivity contribution in [1.82, 2.24) is 4.90 Å². The molecule has 0 N–H and O–H groups in total. The summed E-state index contributed by atoms with van der Waals surface area (Å²) in [6.45, 7) is 1.35. The Labute approximate surface area is 128 Å². The van der Waals surface area contributed by atoms with Gasteiger partial charge >= 0.3 is 0 Å². The van der Waals surface area contributed by atoms with Crippen LogP contribution >= 0.6 is 0 Å². The number of hydrogen-bond acceptors (Lipinski definition) is 3. The van der Waals surface area contributed by atoms with E-state index < -0.39 is 0 Å². The first-order valence-corrected chi connectivity index (χ1v) is 7.42. The second kappa shape index (κ2) is 6.75. The Morgan fingerprint density at radius 2 is 2.14 bits per heavy atom. The number of carbonyl (C=O) groups is 1. The summed E-state index contributed by atoms with van der Waals surface area (Å²) in [5, 5.41) is 0. The zero-order valence-corrected chi connectivity index (χ0v) is 12.2. The van der Waals surface area contributed by atoms with Gasteiger partial charge in [-0.1, -0.05) is 18.2 Å². The van der Waals surface area contributed by atoms with Gasteiger partial charge in [0.25, 0.3) is 5.91 Å². The van der Waals surface area contributed by atoms with Crippen LogP contribution in [0.4, 0.5) is 4.39 Å². The molecule has 0 unspecified atom stereocenters. The molecular weight excluding hydrogens is 285 g/mol. The van der Waals surface area contributed by atoms with Crippen molar-refractivity contribution < 1.29 is 18.3 Å². The van der Waals surface area contributed by atoms with Gasteiger partial charge in [0.15, 0.2) is 5.76 Å². The van der Waals surface area contributed by atoms with Gasteiger partial charge in [-0.3, -0.25) is 4.79 Å². The molecule has 0 bridgehead atoms. The van der Waals surface area contributed by atoms with Gasteiger partial charge in [0.05, 0.1) is 12.4 Å². The zero-order valence-electron chi connectivity index (χ0n) is 12.2. The molecular formula is C17H18FNO3. The van der Waals surface area contributed by atoms with Crippen molar-refractivity contribution in [3.63, 3.8) is 0 Å². The van der Waals surface area contributed by atoms with Gasteiger partial charge in [-0.25, -0.2) is 4.39 Å². The summed E-state index contributed by atoms with van der Waals surface area (Å²) in [6, 6.07) is 9.77. The summed E-state index contributed by atoms with van der Waals surface area (Å²) in [4.78, 5) is 14.2. The highest BCUT2D eigenvalue weighted by atomic mass is 19.1. The SMILES string of the molecule is O=C(c1ccco1)N(Cc1ccccc1F)C[C@H]1CCCO1. The second-order valence-corrected chi connectivity index (χ2v) is 5.39. The molecule has 0 saturated carbocycles. The molecule has 4 nitrogen and oxygen atoms in total. The molecule has 1 aliphatic heterocycles. The Morgan fingerprint density at radius 3 is 2.82 bits per heavy atom. The van der Waals surface area contributed by atoms with Crippen LogP contribution in [-0.2, 0) is 11.3 Å². The fourth-order valence-electron chi connectivity index (χ4n) is 2.64. The van der Waals surface area contributed by atoms with E-state index in [1.165, 1.54) is 12.3 Å². The molecule has 1 atom stereocenters. The molecule has 1 aromatic heterocycles. The van der Waals surface area contributed by atoms with E-state index in [0.29, 0.717) is 18.7 Å². The molecule has 1 amide bonds. The van der Waals surface area contributed by atoms with E-state index in [9.17, 15) is 9.18 Å². The normalized spacial score (nSPS) is 17.6. The summed E-state index contributed by atoms with van der Waals surface area (Å²) in [5.41, 5.74) is 0.486. The van der Waals surface area contributed by atoms with Crippen molar-refractivity contribution in [2.24, 2.45) is 0 Å². The number of benzene rings is 1. The molecule has 3 rings (SSSR count). The van der Waals surface area contributed by atoms with E-state index in [-0.39, 0.29) is 30.1 Å². The maximum Gasteiger partial charge on any atom is 0.289 e. The average molecular weight is 303 g/mol. The van der Waals surface area contributed by atoms with Crippen LogP contribution in [0.2, 0.25) is 0 Å². The third-order valence-corrected chi connectivity index (χ3v) is 3.79. The summed E-state index contributed by atoms with van der Waals surface area (Å²) in [6.07, 6.45) is 3.37. The minimum atomic E-state index is -0.313. The minimum absolute atomic E-state index is 0.00526. The molecule has 1 aromatic carbocycles. The Balaban J connectivity index is 1.79. The van der Waals surface area contributed by atoms with Crippen LogP contribution in [0.1, 0.15) is 29.0 Å². The number of hydrogen-bond donors (Lipinski definition) is 0. The van der Waals surface area contributed by atoms with Crippen LogP contribution < -0.4 is 0 Å². The molecule has 0 aliphatic carbocycles. The van der Waals surface area contributed by atoms with Gasteiger partial charge in [0, 0.05) is 25.3 Å². The number of nitrogens with zero attached hydrogens (tertiary/aromatic N) is 1. The second-order valence-electron chi connectivity index (χ2n) is 5.39. The smallest absolute Gasteiger partial charge is 0.289 e. The lowest BCUT2D eigenvalue weighted by atomic mass is 10.1. The molecule has 0 radical (unpaired) electrons. The highest BCUT2D eigenvalue weighted by Crippen LogP contribution is 2.18. The molecule has 1 aliphatic rings. The van der Waals surface area contributed by atoms with Crippen LogP contribution in [0.3, 0.4) is 0 Å². The fourth-order valence-corrected chi connectivity index (χ4v) is 2.64. The largest absolute Gasteiger partial charge is 0.459 e. The van der Waals surface area contributed by atoms with Gasteiger partial charge < -0.3 is 14.1 Å². The van der Waals surface area contributed by atoms with E-state index in [0.717, 1.165) is 12.8 Å². The summed E-state index contributed by atoms with van der Waals surface area (Å²) in [5.74, 6) is -0.301. The maximum atomic E-state index is 13.9. The van der Waals surface area contributed by atoms with Crippen LogP contribution in [-0.4, -0.2) is 30.1 Å². The standard InChI is InChI=1S/C17H18FNO3/c18-15-7-2-1-5-13(15)11-19(12-14-6-3-9-21-14)17(20)16-8-4-10-22-16/h1-2,4-5,7-8,10,14H,3,6,9,11-12H2/t14-/m1/s1. The molecule has 2 heterocycles. The van der Waals surface area contributed by atoms with E-state index in [1.54, 1.807) is 35.2 Å². The number of carbonyl (C=O) groups excluding carboxylic acids is 1. The zero-order chi connectivity index (χ0) is 15.4. The third kappa shape index (κ3) is 3.36. The number of amides is 1. The molecule has 116 valence electrons. The Bertz CT molecular complexity index is 621. The van der Waals surface area contributed by atoms with Crippen molar-refractivity contribution in [1.29, 1.82) is 0 Å². The number of furan rings is 1. The average Bonchev–Trinajstić information content (AvgIpc) is 3.21. The van der Waals surface area contributed by atoms with Gasteiger partial charge in [-0.05, 0) is 31.0 Å². The number of halogens is 1. The highest BCUT2D eigenvalue weighted by molar-refractivity contribution is 5.91. The number of ether oxygens (including phenoxy) is 1. The molecule has 1 fully saturated rings. The van der Waals surface area contributed by atoms with Crippen LogP contribution in [0, 0.1) is 5.82 Å². The monoisotopic (exact) mass is 303 g/mol. The van der Waals surface area contributed by atoms with Crippen molar-refractivity contribution >= 4 is 5.91 Å². The lowest BCUT2D eigenvalue weighted by molar-refractivity contribution is 0.0481. The Morgan fingerprint density at radius 1 is 1.27 bits per heavy atom. The molecule has 22 heavy (non-hydrogen) atoms. The van der Waals surface area contributed by atoms with Gasteiger partial charge in [0.1, 0.15) is 5.82 Å². The molecule has 0 spiro atoms. The lowest BCUT2D eigenvalue weighted by Gasteiger charge is -2.25. The van der Waals surface area contributed by atoms with E-state index in [4.69, 9.17) is 9.15 Å². The minimum Gasteiger partial charge on any atom is -0.459 e. The summed E-state index contributed by atoms with van der Waals surface area (Å²) >= 11 is 0. The summed E-state index contributed by atoms with van der Waals surface area (Å²) in [7, 11) is 0. The third-order valence-electron chi connectivity index (χ3n) is 3.79. The van der Waals surface area contributed by atoms with Crippen molar-refractivity contribution in [3.05, 3.63) is 59.8 Å². The fraction of sp³-hybridized carbons (Fsp3) is 0.353. The van der Waals surface area contributed by atoms with Gasteiger partial charge in [-0.2, -0.15) is 0 Å². The predicted molar refractivity (Wildman–Crippen MR) is 78.8 cm³/mol. The topological polar surface area (TPSA) is 42.7 Å². The first kappa shape index (κ1) is 14.8. The number of rotatable bonds is 5. The quantitative estimate of drug-likeness (QED) is 0.851. The first-order valence-electron chi connectivity index (χ1n) is 7.42. The van der Waals surface area contributed by atoms with Crippen molar-refractivity contribution in [2.75, 3.05) is 13.2 Å². The molecule has 2 aromatic rings. The van der Waals surface area contributed by atoms with Crippen LogP contribution in [0.15, 0.2) is 47.1 Å². The predicted octanol–water partition coefficient (Wildman–Crippen LogP) is 3.24. The van der Waals surface area contributed by atoms with Gasteiger partial charge in [0.2, 0.25) is 0 Å². The van der Waals surface area contributed by atoms with E-state index in [2.05, 4.69) is 0 Å².